The number of furan rings is 1. The quantitative estimate of drug-likeness (QED) is 0.566. The number of hydrogen-bond acceptors (Lipinski definition) is 6. The van der Waals surface area contributed by atoms with Crippen molar-refractivity contribution in [2.45, 2.75) is 11.5 Å². The molecule has 1 fully saturated rings. The molecule has 9 heteroatoms. The monoisotopic (exact) mass is 482 g/mol. The van der Waals surface area contributed by atoms with Gasteiger partial charge in [0.05, 0.1) is 24.1 Å². The molecule has 1 aromatic heterocycles. The van der Waals surface area contributed by atoms with Crippen LogP contribution in [0.15, 0.2) is 47.1 Å². The summed E-state index contributed by atoms with van der Waals surface area (Å²) in [5, 5.41) is 17.9. The minimum atomic E-state index is -0.890. The second-order valence-corrected chi connectivity index (χ2v) is 7.86. The number of nitrogens with zero attached hydrogens (tertiary/aromatic N) is 1. The van der Waals surface area contributed by atoms with Gasteiger partial charge in [0, 0.05) is 9.26 Å². The average molecular weight is 482 g/mol. The Bertz CT molecular complexity index is 820. The number of halogens is 1. The molecule has 7 nitrogen and oxygen atoms in total. The van der Waals surface area contributed by atoms with Crippen LogP contribution in [0.5, 0.6) is 0 Å². The Labute approximate surface area is 168 Å². The molecule has 0 spiro atoms. The summed E-state index contributed by atoms with van der Waals surface area (Å²) in [7, 11) is 0. The molecular formula is C17H15IN4O3S. The third-order valence-electron chi connectivity index (χ3n) is 3.72. The summed E-state index contributed by atoms with van der Waals surface area (Å²) in [4.78, 5) is 24.3. The van der Waals surface area contributed by atoms with Crippen LogP contribution in [0.3, 0.4) is 0 Å². The van der Waals surface area contributed by atoms with E-state index >= 15 is 0 Å². The Morgan fingerprint density at radius 2 is 2.12 bits per heavy atom. The molecule has 0 radical (unpaired) electrons. The Hall–Kier alpha value is -2.03. The minimum absolute atomic E-state index is 0.145. The number of carbonyl (C=O) groups excluding carboxylic acids is 2. The number of rotatable bonds is 5. The Balaban J connectivity index is 1.57. The fraction of sp³-hybridized carbons (Fsp3) is 0.235. The van der Waals surface area contributed by atoms with Crippen LogP contribution in [0.4, 0.5) is 5.69 Å². The molecule has 0 bridgehead atoms. The summed E-state index contributed by atoms with van der Waals surface area (Å²) in [6.07, 6.45) is 1.49. The van der Waals surface area contributed by atoms with E-state index in [2.05, 4.69) is 38.5 Å². The smallest absolute Gasteiger partial charge is 0.241 e. The van der Waals surface area contributed by atoms with Crippen molar-refractivity contribution in [1.82, 2.24) is 10.6 Å². The fourth-order valence-electron chi connectivity index (χ4n) is 2.50. The maximum atomic E-state index is 12.2. The number of anilines is 1. The first-order valence-corrected chi connectivity index (χ1v) is 9.86. The lowest BCUT2D eigenvalue weighted by atomic mass is 9.96. The van der Waals surface area contributed by atoms with E-state index in [9.17, 15) is 14.9 Å². The molecule has 1 aliphatic heterocycles. The van der Waals surface area contributed by atoms with Gasteiger partial charge in [-0.1, -0.05) is 0 Å². The molecule has 3 unspecified atom stereocenters. The largest absolute Gasteiger partial charge is 0.468 e. The van der Waals surface area contributed by atoms with Crippen molar-refractivity contribution in [1.29, 1.82) is 5.26 Å². The highest BCUT2D eigenvalue weighted by atomic mass is 127. The first kappa shape index (κ1) is 18.8. The first-order valence-electron chi connectivity index (χ1n) is 7.73. The SMILES string of the molecule is N#CC1C(=O)NC(SCC(=O)Nc2ccc(I)cc2)NC1c1ccco1. The molecule has 134 valence electrons. The van der Waals surface area contributed by atoms with E-state index in [4.69, 9.17) is 4.42 Å². The van der Waals surface area contributed by atoms with Crippen molar-refractivity contribution >= 4 is 51.9 Å². The average Bonchev–Trinajstić information content (AvgIpc) is 3.16. The van der Waals surface area contributed by atoms with Gasteiger partial charge in [0.15, 0.2) is 0 Å². The van der Waals surface area contributed by atoms with Gasteiger partial charge in [0.25, 0.3) is 0 Å². The summed E-state index contributed by atoms with van der Waals surface area (Å²) in [5.41, 5.74) is 0.222. The fourth-order valence-corrected chi connectivity index (χ4v) is 3.69. The van der Waals surface area contributed by atoms with Gasteiger partial charge in [-0.3, -0.25) is 14.9 Å². The third-order valence-corrected chi connectivity index (χ3v) is 5.45. The molecular weight excluding hydrogens is 467 g/mol. The van der Waals surface area contributed by atoms with Crippen LogP contribution in [0.2, 0.25) is 0 Å². The molecule has 1 aromatic carbocycles. The van der Waals surface area contributed by atoms with Crippen LogP contribution in [0.1, 0.15) is 11.8 Å². The Morgan fingerprint density at radius 3 is 2.77 bits per heavy atom. The van der Waals surface area contributed by atoms with E-state index in [-0.39, 0.29) is 17.6 Å². The molecule has 2 amide bonds. The molecule has 3 rings (SSSR count). The standard InChI is InChI=1S/C17H15IN4O3S/c18-10-3-5-11(6-4-10)20-14(23)9-26-17-21-15(13-2-1-7-25-13)12(8-19)16(24)22-17/h1-7,12,15,17,21H,9H2,(H,20,23)(H,22,24). The summed E-state index contributed by atoms with van der Waals surface area (Å²) in [6.45, 7) is 0. The lowest BCUT2D eigenvalue weighted by Crippen LogP contribution is -2.55. The summed E-state index contributed by atoms with van der Waals surface area (Å²) in [6, 6.07) is 12.3. The number of thioether (sulfide) groups is 1. The lowest BCUT2D eigenvalue weighted by Gasteiger charge is -2.32. The van der Waals surface area contributed by atoms with Crippen molar-refractivity contribution < 1.29 is 14.0 Å². The van der Waals surface area contributed by atoms with Gasteiger partial charge < -0.3 is 15.1 Å². The molecule has 0 saturated carbocycles. The zero-order chi connectivity index (χ0) is 18.5. The lowest BCUT2D eigenvalue weighted by molar-refractivity contribution is -0.126. The predicted molar refractivity (Wildman–Crippen MR) is 106 cm³/mol. The van der Waals surface area contributed by atoms with Crippen LogP contribution in [-0.2, 0) is 9.59 Å². The van der Waals surface area contributed by atoms with Crippen LogP contribution in [0.25, 0.3) is 0 Å². The van der Waals surface area contributed by atoms with Crippen LogP contribution >= 0.6 is 34.4 Å². The van der Waals surface area contributed by atoms with Crippen molar-refractivity contribution in [2.75, 3.05) is 11.1 Å². The normalized spacial score (nSPS) is 22.3. The van der Waals surface area contributed by atoms with E-state index in [0.717, 1.165) is 9.26 Å². The highest BCUT2D eigenvalue weighted by Crippen LogP contribution is 2.28. The second-order valence-electron chi connectivity index (χ2n) is 5.52. The summed E-state index contributed by atoms with van der Waals surface area (Å²) >= 11 is 3.43. The topological polar surface area (TPSA) is 107 Å². The summed E-state index contributed by atoms with van der Waals surface area (Å²) < 4.78 is 6.42. The first-order chi connectivity index (χ1) is 12.6. The van der Waals surface area contributed by atoms with Gasteiger partial charge in [0.1, 0.15) is 17.2 Å². The van der Waals surface area contributed by atoms with E-state index in [1.165, 1.54) is 18.0 Å². The number of benzene rings is 1. The van der Waals surface area contributed by atoms with E-state index in [1.807, 2.05) is 30.3 Å². The molecule has 2 aromatic rings. The van der Waals surface area contributed by atoms with E-state index < -0.39 is 17.5 Å². The minimum Gasteiger partial charge on any atom is -0.468 e. The van der Waals surface area contributed by atoms with Gasteiger partial charge in [-0.05, 0) is 59.0 Å². The summed E-state index contributed by atoms with van der Waals surface area (Å²) in [5.74, 6) is -0.794. The number of nitriles is 1. The number of carbonyl (C=O) groups is 2. The van der Waals surface area contributed by atoms with E-state index in [1.54, 1.807) is 12.1 Å². The second kappa shape index (κ2) is 8.57. The van der Waals surface area contributed by atoms with Crippen molar-refractivity contribution in [3.63, 3.8) is 0 Å². The van der Waals surface area contributed by atoms with E-state index in [0.29, 0.717) is 5.76 Å². The Morgan fingerprint density at radius 1 is 1.35 bits per heavy atom. The van der Waals surface area contributed by atoms with Crippen molar-refractivity contribution in [2.24, 2.45) is 5.92 Å². The molecule has 3 N–H and O–H groups in total. The highest BCUT2D eigenvalue weighted by molar-refractivity contribution is 14.1. The van der Waals surface area contributed by atoms with Gasteiger partial charge in [-0.2, -0.15) is 5.26 Å². The van der Waals surface area contributed by atoms with Crippen LogP contribution in [0, 0.1) is 20.8 Å². The molecule has 3 atom stereocenters. The molecule has 1 aliphatic rings. The van der Waals surface area contributed by atoms with Crippen molar-refractivity contribution in [3.8, 4) is 6.07 Å². The van der Waals surface area contributed by atoms with Crippen LogP contribution in [-0.4, -0.2) is 23.1 Å². The molecule has 26 heavy (non-hydrogen) atoms. The maximum Gasteiger partial charge on any atom is 0.241 e. The maximum absolute atomic E-state index is 12.2. The van der Waals surface area contributed by atoms with Gasteiger partial charge in [-0.15, -0.1) is 11.8 Å². The molecule has 0 aliphatic carbocycles. The van der Waals surface area contributed by atoms with Gasteiger partial charge >= 0.3 is 0 Å². The van der Waals surface area contributed by atoms with Crippen LogP contribution < -0.4 is 16.0 Å². The zero-order valence-electron chi connectivity index (χ0n) is 13.4. The van der Waals surface area contributed by atoms with Gasteiger partial charge in [0.2, 0.25) is 11.8 Å². The van der Waals surface area contributed by atoms with Crippen molar-refractivity contribution in [3.05, 3.63) is 52.0 Å². The molecule has 2 heterocycles. The van der Waals surface area contributed by atoms with Gasteiger partial charge in [-0.25, -0.2) is 0 Å². The number of nitrogens with one attached hydrogen (secondary N) is 3. The zero-order valence-corrected chi connectivity index (χ0v) is 16.4. The highest BCUT2D eigenvalue weighted by Gasteiger charge is 2.38. The third kappa shape index (κ3) is 4.57. The molecule has 1 saturated heterocycles. The number of amides is 2. The predicted octanol–water partition coefficient (Wildman–Crippen LogP) is 2.44. The number of hydrogen-bond donors (Lipinski definition) is 3. The Kier molecular flexibility index (Phi) is 6.18.